The monoisotopic (exact) mass is 560 g/mol. The first-order chi connectivity index (χ1) is 20.1. The Balaban J connectivity index is 1.37. The summed E-state index contributed by atoms with van der Waals surface area (Å²) in [5.74, 6) is 2.51. The van der Waals surface area contributed by atoms with E-state index < -0.39 is 0 Å². The third kappa shape index (κ3) is 6.17. The minimum atomic E-state index is -0.141. The minimum absolute atomic E-state index is 0.0699. The van der Waals surface area contributed by atoms with Crippen molar-refractivity contribution in [1.82, 2.24) is 19.8 Å². The largest absolute Gasteiger partial charge is 0.493 e. The van der Waals surface area contributed by atoms with Crippen LogP contribution in [-0.2, 0) is 6.54 Å². The fraction of sp³-hybridized carbons (Fsp3) is 0.452. The molecule has 1 amide bonds. The SMILES string of the molecule is CCN1CCN(c2cccc3c2CN([C@H](CCCNc2cncc(OC)n2)c2ccc(OC)c(OC)c2)C3=O)CC1. The Hall–Kier alpha value is -4.05. The molecule has 3 heterocycles. The summed E-state index contributed by atoms with van der Waals surface area (Å²) in [6.45, 7) is 8.54. The number of rotatable bonds is 12. The first-order valence-electron chi connectivity index (χ1n) is 14.3. The molecular weight excluding hydrogens is 520 g/mol. The summed E-state index contributed by atoms with van der Waals surface area (Å²) < 4.78 is 16.3. The number of likely N-dealkylation sites (N-methyl/N-ethyl adjacent to an activating group) is 1. The number of carbonyl (C=O) groups is 1. The topological polar surface area (TPSA) is 92.3 Å². The second-order valence-corrected chi connectivity index (χ2v) is 10.3. The van der Waals surface area contributed by atoms with Gasteiger partial charge in [-0.2, -0.15) is 4.98 Å². The normalized spacial score (nSPS) is 16.0. The lowest BCUT2D eigenvalue weighted by Crippen LogP contribution is -2.46. The number of fused-ring (bicyclic) bond motifs is 1. The summed E-state index contributed by atoms with van der Waals surface area (Å²) in [6, 6.07) is 12.0. The van der Waals surface area contributed by atoms with Gasteiger partial charge in [-0.15, -0.1) is 0 Å². The number of nitrogens with one attached hydrogen (secondary N) is 1. The van der Waals surface area contributed by atoms with E-state index in [1.54, 1.807) is 33.7 Å². The van der Waals surface area contributed by atoms with Gasteiger partial charge < -0.3 is 34.2 Å². The fourth-order valence-corrected chi connectivity index (χ4v) is 5.80. The summed E-state index contributed by atoms with van der Waals surface area (Å²) in [5, 5.41) is 3.33. The van der Waals surface area contributed by atoms with Crippen LogP contribution in [0, 0.1) is 0 Å². The van der Waals surface area contributed by atoms with Gasteiger partial charge in [0.1, 0.15) is 5.82 Å². The molecular formula is C31H40N6O4. The highest BCUT2D eigenvalue weighted by Gasteiger charge is 2.36. The predicted octanol–water partition coefficient (Wildman–Crippen LogP) is 4.23. The second kappa shape index (κ2) is 13.1. The number of ether oxygens (including phenoxy) is 3. The van der Waals surface area contributed by atoms with E-state index in [2.05, 4.69) is 38.1 Å². The van der Waals surface area contributed by atoms with Crippen molar-refractivity contribution in [3.63, 3.8) is 0 Å². The maximum Gasteiger partial charge on any atom is 0.255 e. The number of benzene rings is 2. The average molecular weight is 561 g/mol. The van der Waals surface area contributed by atoms with Crippen LogP contribution in [0.3, 0.4) is 0 Å². The van der Waals surface area contributed by atoms with Crippen molar-refractivity contribution in [3.8, 4) is 17.4 Å². The lowest BCUT2D eigenvalue weighted by atomic mass is 9.99. The van der Waals surface area contributed by atoms with Crippen molar-refractivity contribution in [3.05, 3.63) is 65.5 Å². The first-order valence-corrected chi connectivity index (χ1v) is 14.3. The van der Waals surface area contributed by atoms with Gasteiger partial charge in [0.15, 0.2) is 11.5 Å². The zero-order valence-electron chi connectivity index (χ0n) is 24.4. The zero-order valence-corrected chi connectivity index (χ0v) is 24.4. The summed E-state index contributed by atoms with van der Waals surface area (Å²) in [4.78, 5) is 29.4. The fourth-order valence-electron chi connectivity index (χ4n) is 5.80. The molecule has 41 heavy (non-hydrogen) atoms. The number of methoxy groups -OCH3 is 3. The van der Waals surface area contributed by atoms with Crippen molar-refractivity contribution in [2.75, 3.05) is 70.8 Å². The molecule has 0 aliphatic carbocycles. The van der Waals surface area contributed by atoms with Crippen LogP contribution in [0.1, 0.15) is 47.3 Å². The van der Waals surface area contributed by atoms with Crippen LogP contribution in [0.25, 0.3) is 0 Å². The standard InChI is InChI=1S/C31H40N6O4/c1-5-35-14-16-36(17-15-35)26-9-6-8-23-24(26)21-37(31(23)38)25(22-11-12-27(39-2)28(18-22)40-3)10-7-13-33-29-19-32-20-30(34-29)41-4/h6,8-9,11-12,18-20,25H,5,7,10,13-17,21H2,1-4H3,(H,33,34)/t25-/m1/s1. The van der Waals surface area contributed by atoms with Crippen molar-refractivity contribution >= 4 is 17.4 Å². The number of piperazine rings is 1. The van der Waals surface area contributed by atoms with Crippen LogP contribution in [0.15, 0.2) is 48.8 Å². The van der Waals surface area contributed by atoms with Gasteiger partial charge in [-0.05, 0) is 49.2 Å². The average Bonchev–Trinajstić information content (AvgIpc) is 3.36. The smallest absolute Gasteiger partial charge is 0.255 e. The molecule has 0 unspecified atom stereocenters. The van der Waals surface area contributed by atoms with Crippen LogP contribution in [0.4, 0.5) is 11.5 Å². The number of amides is 1. The molecule has 1 N–H and O–H groups in total. The van der Waals surface area contributed by atoms with Gasteiger partial charge in [-0.1, -0.05) is 19.1 Å². The van der Waals surface area contributed by atoms with Crippen molar-refractivity contribution < 1.29 is 19.0 Å². The van der Waals surface area contributed by atoms with E-state index in [9.17, 15) is 4.79 Å². The van der Waals surface area contributed by atoms with E-state index in [0.29, 0.717) is 36.3 Å². The number of anilines is 2. The van der Waals surface area contributed by atoms with Gasteiger partial charge in [-0.25, -0.2) is 0 Å². The molecule has 2 aromatic carbocycles. The number of carbonyl (C=O) groups excluding carboxylic acids is 1. The Morgan fingerprint density at radius 2 is 1.78 bits per heavy atom. The molecule has 2 aliphatic rings. The molecule has 1 atom stereocenters. The van der Waals surface area contributed by atoms with Gasteiger partial charge in [-0.3, -0.25) is 9.78 Å². The summed E-state index contributed by atoms with van der Waals surface area (Å²) in [6.07, 6.45) is 4.82. The Bertz CT molecular complexity index is 1340. The molecule has 218 valence electrons. The molecule has 1 fully saturated rings. The van der Waals surface area contributed by atoms with Gasteiger partial charge >= 0.3 is 0 Å². The molecule has 0 spiro atoms. The van der Waals surface area contributed by atoms with Crippen LogP contribution in [-0.4, -0.2) is 86.3 Å². The van der Waals surface area contributed by atoms with E-state index in [1.165, 1.54) is 5.69 Å². The zero-order chi connectivity index (χ0) is 28.8. The molecule has 5 rings (SSSR count). The van der Waals surface area contributed by atoms with Crippen LogP contribution in [0.5, 0.6) is 17.4 Å². The van der Waals surface area contributed by atoms with Crippen LogP contribution in [0.2, 0.25) is 0 Å². The van der Waals surface area contributed by atoms with Gasteiger partial charge in [0.25, 0.3) is 5.91 Å². The molecule has 2 aliphatic heterocycles. The highest BCUT2D eigenvalue weighted by atomic mass is 16.5. The summed E-state index contributed by atoms with van der Waals surface area (Å²) in [5.41, 5.74) is 4.12. The number of hydrogen-bond donors (Lipinski definition) is 1. The third-order valence-electron chi connectivity index (χ3n) is 8.08. The quantitative estimate of drug-likeness (QED) is 0.327. The van der Waals surface area contributed by atoms with Crippen LogP contribution < -0.4 is 24.4 Å². The molecule has 1 aromatic heterocycles. The highest BCUT2D eigenvalue weighted by Crippen LogP contribution is 2.40. The van der Waals surface area contributed by atoms with Gasteiger partial charge in [0, 0.05) is 56.1 Å². The maximum absolute atomic E-state index is 13.9. The van der Waals surface area contributed by atoms with E-state index in [-0.39, 0.29) is 11.9 Å². The van der Waals surface area contributed by atoms with Gasteiger partial charge in [0.05, 0.1) is 39.8 Å². The maximum atomic E-state index is 13.9. The molecule has 10 nitrogen and oxygen atoms in total. The van der Waals surface area contributed by atoms with E-state index in [0.717, 1.165) is 62.3 Å². The molecule has 3 aromatic rings. The van der Waals surface area contributed by atoms with Crippen molar-refractivity contribution in [1.29, 1.82) is 0 Å². The second-order valence-electron chi connectivity index (χ2n) is 10.3. The Morgan fingerprint density at radius 3 is 2.51 bits per heavy atom. The number of aromatic nitrogens is 2. The minimum Gasteiger partial charge on any atom is -0.493 e. The Kier molecular flexibility index (Phi) is 9.08. The van der Waals surface area contributed by atoms with E-state index in [4.69, 9.17) is 14.2 Å². The molecule has 10 heteroatoms. The highest BCUT2D eigenvalue weighted by molar-refractivity contribution is 6.00. The van der Waals surface area contributed by atoms with E-state index in [1.807, 2.05) is 35.2 Å². The Labute approximate surface area is 242 Å². The van der Waals surface area contributed by atoms with Gasteiger partial charge in [0.2, 0.25) is 5.88 Å². The number of hydrogen-bond acceptors (Lipinski definition) is 9. The first kappa shape index (κ1) is 28.5. The van der Waals surface area contributed by atoms with Crippen LogP contribution >= 0.6 is 0 Å². The summed E-state index contributed by atoms with van der Waals surface area (Å²) >= 11 is 0. The lowest BCUT2D eigenvalue weighted by Gasteiger charge is -2.36. The molecule has 1 saturated heterocycles. The molecule has 0 radical (unpaired) electrons. The number of nitrogens with zero attached hydrogens (tertiary/aromatic N) is 5. The third-order valence-corrected chi connectivity index (χ3v) is 8.08. The summed E-state index contributed by atoms with van der Waals surface area (Å²) in [7, 11) is 4.84. The van der Waals surface area contributed by atoms with Crippen molar-refractivity contribution in [2.45, 2.75) is 32.4 Å². The molecule has 0 bridgehead atoms. The Morgan fingerprint density at radius 1 is 0.976 bits per heavy atom. The van der Waals surface area contributed by atoms with Crippen molar-refractivity contribution in [2.24, 2.45) is 0 Å². The predicted molar refractivity (Wildman–Crippen MR) is 159 cm³/mol. The molecule has 0 saturated carbocycles. The lowest BCUT2D eigenvalue weighted by molar-refractivity contribution is 0.0690. The van der Waals surface area contributed by atoms with E-state index >= 15 is 0 Å².